The summed E-state index contributed by atoms with van der Waals surface area (Å²) in [6.07, 6.45) is 1.61. The number of aromatic nitrogens is 2. The van der Waals surface area contributed by atoms with Crippen LogP contribution in [0.2, 0.25) is 0 Å². The lowest BCUT2D eigenvalue weighted by molar-refractivity contribution is 0.103. The number of phenolic OH excluding ortho intramolecular Hbond substituents is 1. The van der Waals surface area contributed by atoms with Crippen molar-refractivity contribution in [2.24, 2.45) is 7.05 Å². The van der Waals surface area contributed by atoms with Crippen molar-refractivity contribution in [3.63, 3.8) is 0 Å². The maximum absolute atomic E-state index is 13.1. The highest BCUT2D eigenvalue weighted by molar-refractivity contribution is 9.10. The van der Waals surface area contributed by atoms with Crippen LogP contribution in [0.15, 0.2) is 47.1 Å². The van der Waals surface area contributed by atoms with Crippen molar-refractivity contribution in [3.8, 4) is 28.5 Å². The first kappa shape index (κ1) is 18.0. The number of ketones is 1. The Kier molecular flexibility index (Phi) is 4.99. The van der Waals surface area contributed by atoms with E-state index in [-0.39, 0.29) is 22.8 Å². The third-order valence-corrected chi connectivity index (χ3v) is 4.55. The van der Waals surface area contributed by atoms with Gasteiger partial charge in [-0.25, -0.2) is 0 Å². The van der Waals surface area contributed by atoms with Crippen LogP contribution in [0.1, 0.15) is 15.9 Å². The molecule has 26 heavy (non-hydrogen) atoms. The molecule has 0 saturated carbocycles. The van der Waals surface area contributed by atoms with Crippen LogP contribution in [0.5, 0.6) is 17.2 Å². The Morgan fingerprint density at radius 3 is 2.46 bits per heavy atom. The number of aromatic hydroxyl groups is 1. The van der Waals surface area contributed by atoms with Crippen LogP contribution in [-0.2, 0) is 7.05 Å². The van der Waals surface area contributed by atoms with Crippen molar-refractivity contribution in [1.82, 2.24) is 9.78 Å². The maximum atomic E-state index is 13.1. The van der Waals surface area contributed by atoms with Gasteiger partial charge in [0.05, 0.1) is 25.5 Å². The van der Waals surface area contributed by atoms with Gasteiger partial charge in [-0.1, -0.05) is 28.1 Å². The molecule has 3 aromatic rings. The highest BCUT2D eigenvalue weighted by Gasteiger charge is 2.27. The summed E-state index contributed by atoms with van der Waals surface area (Å²) in [6, 6.07) is 10.3. The number of halogens is 1. The minimum absolute atomic E-state index is 0.0719. The van der Waals surface area contributed by atoms with Crippen molar-refractivity contribution in [1.29, 1.82) is 0 Å². The largest absolute Gasteiger partial charge is 0.506 e. The standard InChI is InChI=1S/C19H17BrN2O4/c1-22-13(7-8-21-22)16-14(25-2)10-15(26-3)17(19(16)24)18(23)11-5-4-6-12(20)9-11/h4-10,24H,1-3H3. The molecule has 0 aliphatic heterocycles. The predicted molar refractivity (Wildman–Crippen MR) is 101 cm³/mol. The van der Waals surface area contributed by atoms with Crippen LogP contribution in [0, 0.1) is 0 Å². The average Bonchev–Trinajstić information content (AvgIpc) is 3.05. The molecule has 0 aliphatic carbocycles. The Morgan fingerprint density at radius 2 is 1.88 bits per heavy atom. The molecule has 1 N–H and O–H groups in total. The zero-order valence-corrected chi connectivity index (χ0v) is 16.1. The van der Waals surface area contributed by atoms with Crippen molar-refractivity contribution < 1.29 is 19.4 Å². The predicted octanol–water partition coefficient (Wildman–Crippen LogP) is 3.80. The molecule has 0 saturated heterocycles. The van der Waals surface area contributed by atoms with Gasteiger partial charge in [0.2, 0.25) is 5.78 Å². The molecular weight excluding hydrogens is 400 g/mol. The van der Waals surface area contributed by atoms with Crippen molar-refractivity contribution in [3.05, 3.63) is 58.2 Å². The first-order chi connectivity index (χ1) is 12.5. The Labute approximate surface area is 159 Å². The SMILES string of the molecule is COc1cc(OC)c(-c2ccnn2C)c(O)c1C(=O)c1cccc(Br)c1. The highest BCUT2D eigenvalue weighted by atomic mass is 79.9. The lowest BCUT2D eigenvalue weighted by Crippen LogP contribution is -2.07. The quantitative estimate of drug-likeness (QED) is 0.640. The van der Waals surface area contributed by atoms with E-state index < -0.39 is 0 Å². The second kappa shape index (κ2) is 7.21. The molecule has 134 valence electrons. The van der Waals surface area contributed by atoms with Gasteiger partial charge in [-0.2, -0.15) is 5.10 Å². The Hall–Kier alpha value is -2.80. The first-order valence-electron chi connectivity index (χ1n) is 7.74. The van der Waals surface area contributed by atoms with Crippen molar-refractivity contribution in [2.45, 2.75) is 0 Å². The van der Waals surface area contributed by atoms with Crippen LogP contribution in [-0.4, -0.2) is 34.9 Å². The normalized spacial score (nSPS) is 10.6. The maximum Gasteiger partial charge on any atom is 0.200 e. The van der Waals surface area contributed by atoms with Crippen LogP contribution >= 0.6 is 15.9 Å². The topological polar surface area (TPSA) is 73.6 Å². The van der Waals surface area contributed by atoms with Gasteiger partial charge < -0.3 is 14.6 Å². The molecule has 0 fully saturated rings. The van der Waals surface area contributed by atoms with E-state index in [1.165, 1.54) is 14.2 Å². The second-order valence-electron chi connectivity index (χ2n) is 5.56. The summed E-state index contributed by atoms with van der Waals surface area (Å²) in [5.41, 5.74) is 1.49. The number of rotatable bonds is 5. The Morgan fingerprint density at radius 1 is 1.15 bits per heavy atom. The summed E-state index contributed by atoms with van der Waals surface area (Å²) in [6.45, 7) is 0. The number of hydrogen-bond donors (Lipinski definition) is 1. The summed E-state index contributed by atoms with van der Waals surface area (Å²) in [7, 11) is 4.67. The van der Waals surface area contributed by atoms with Gasteiger partial charge in [-0.15, -0.1) is 0 Å². The van der Waals surface area contributed by atoms with Gasteiger partial charge in [0, 0.05) is 29.3 Å². The zero-order valence-electron chi connectivity index (χ0n) is 14.5. The Bertz CT molecular complexity index is 982. The summed E-state index contributed by atoms with van der Waals surface area (Å²) >= 11 is 3.36. The van der Waals surface area contributed by atoms with Crippen LogP contribution in [0.4, 0.5) is 0 Å². The molecule has 7 heteroatoms. The van der Waals surface area contributed by atoms with E-state index in [1.807, 2.05) is 6.07 Å². The molecule has 3 rings (SSSR count). The smallest absolute Gasteiger partial charge is 0.200 e. The van der Waals surface area contributed by atoms with Crippen molar-refractivity contribution >= 4 is 21.7 Å². The summed E-state index contributed by atoms with van der Waals surface area (Å²) in [5.74, 6) is 0.0467. The van der Waals surface area contributed by atoms with E-state index in [0.717, 1.165) is 4.47 Å². The molecule has 0 unspecified atom stereocenters. The lowest BCUT2D eigenvalue weighted by atomic mass is 9.96. The first-order valence-corrected chi connectivity index (χ1v) is 8.53. The lowest BCUT2D eigenvalue weighted by Gasteiger charge is -2.17. The van der Waals surface area contributed by atoms with E-state index >= 15 is 0 Å². The molecule has 0 aliphatic rings. The third-order valence-electron chi connectivity index (χ3n) is 4.06. The number of aryl methyl sites for hydroxylation is 1. The summed E-state index contributed by atoms with van der Waals surface area (Å²) in [4.78, 5) is 13.1. The molecule has 0 amide bonds. The molecule has 0 spiro atoms. The fourth-order valence-corrected chi connectivity index (χ4v) is 3.20. The van der Waals surface area contributed by atoms with Crippen molar-refractivity contribution in [2.75, 3.05) is 14.2 Å². The molecule has 0 radical (unpaired) electrons. The number of nitrogens with zero attached hydrogens (tertiary/aromatic N) is 2. The van der Waals surface area contributed by atoms with E-state index in [9.17, 15) is 9.90 Å². The molecule has 0 bridgehead atoms. The highest BCUT2D eigenvalue weighted by Crippen LogP contribution is 2.45. The average molecular weight is 417 g/mol. The van der Waals surface area contributed by atoms with E-state index in [4.69, 9.17) is 9.47 Å². The minimum Gasteiger partial charge on any atom is -0.506 e. The van der Waals surface area contributed by atoms with Crippen LogP contribution in [0.3, 0.4) is 0 Å². The van der Waals surface area contributed by atoms with E-state index in [1.54, 1.807) is 48.3 Å². The van der Waals surface area contributed by atoms with Crippen LogP contribution in [0.25, 0.3) is 11.3 Å². The monoisotopic (exact) mass is 416 g/mol. The third kappa shape index (κ3) is 3.06. The van der Waals surface area contributed by atoms with Gasteiger partial charge in [-0.3, -0.25) is 9.48 Å². The van der Waals surface area contributed by atoms with Gasteiger partial charge in [0.25, 0.3) is 0 Å². The molecule has 1 heterocycles. The molecule has 1 aromatic heterocycles. The molecule has 0 atom stereocenters. The number of carbonyl (C=O) groups excluding carboxylic acids is 1. The number of ether oxygens (including phenoxy) is 2. The van der Waals surface area contributed by atoms with E-state index in [0.29, 0.717) is 22.6 Å². The zero-order chi connectivity index (χ0) is 18.8. The van der Waals surface area contributed by atoms with Gasteiger partial charge in [-0.05, 0) is 18.2 Å². The minimum atomic E-state index is -0.355. The fourth-order valence-electron chi connectivity index (χ4n) is 2.80. The number of carbonyl (C=O) groups is 1. The second-order valence-corrected chi connectivity index (χ2v) is 6.47. The van der Waals surface area contributed by atoms with Gasteiger partial charge in [0.15, 0.2) is 0 Å². The number of benzene rings is 2. The van der Waals surface area contributed by atoms with Gasteiger partial charge in [0.1, 0.15) is 22.8 Å². The Balaban J connectivity index is 2.28. The molecule has 6 nitrogen and oxygen atoms in total. The van der Waals surface area contributed by atoms with Crippen LogP contribution < -0.4 is 9.47 Å². The fraction of sp³-hybridized carbons (Fsp3) is 0.158. The number of phenols is 1. The summed E-state index contributed by atoms with van der Waals surface area (Å²) < 4.78 is 13.1. The summed E-state index contributed by atoms with van der Waals surface area (Å²) in [5, 5.41) is 15.1. The van der Waals surface area contributed by atoms with Gasteiger partial charge >= 0.3 is 0 Å². The molecule has 2 aromatic carbocycles. The molecular formula is C19H17BrN2O4. The number of hydrogen-bond acceptors (Lipinski definition) is 5. The number of methoxy groups -OCH3 is 2. The van der Waals surface area contributed by atoms with E-state index in [2.05, 4.69) is 21.0 Å².